The summed E-state index contributed by atoms with van der Waals surface area (Å²) in [7, 11) is 5.03. The number of carbonyl (C=O) groups is 3. The van der Waals surface area contributed by atoms with E-state index in [-0.39, 0.29) is 11.8 Å². The number of ether oxygens (including phenoxy) is 1. The van der Waals surface area contributed by atoms with Crippen LogP contribution in [0.1, 0.15) is 34.8 Å². The van der Waals surface area contributed by atoms with Gasteiger partial charge in [-0.1, -0.05) is 43.3 Å². The minimum absolute atomic E-state index is 0.0132. The van der Waals surface area contributed by atoms with Crippen LogP contribution < -0.4 is 15.5 Å². The topological polar surface area (TPSA) is 91.0 Å². The summed E-state index contributed by atoms with van der Waals surface area (Å²) in [5, 5.41) is 6.29. The molecule has 1 heterocycles. The first-order valence-corrected chi connectivity index (χ1v) is 12.5. The number of nitrogens with zero attached hydrogens (tertiary/aromatic N) is 2. The van der Waals surface area contributed by atoms with Crippen LogP contribution in [-0.2, 0) is 14.3 Å². The third kappa shape index (κ3) is 5.76. The van der Waals surface area contributed by atoms with Gasteiger partial charge in [-0.05, 0) is 62.0 Å². The number of nitrogens with one attached hydrogen (secondary N) is 2. The summed E-state index contributed by atoms with van der Waals surface area (Å²) in [5.74, 6) is -0.729. The highest BCUT2D eigenvalue weighted by Gasteiger charge is 2.29. The lowest BCUT2D eigenvalue weighted by atomic mass is 9.99. The van der Waals surface area contributed by atoms with Crippen LogP contribution in [-0.4, -0.2) is 57.0 Å². The smallest absolute Gasteiger partial charge is 0.337 e. The fourth-order valence-electron chi connectivity index (χ4n) is 4.40. The Morgan fingerprint density at radius 3 is 2.32 bits per heavy atom. The van der Waals surface area contributed by atoms with Crippen LogP contribution >= 0.6 is 0 Å². The molecule has 196 valence electrons. The minimum atomic E-state index is -0.471. The van der Waals surface area contributed by atoms with Gasteiger partial charge in [-0.3, -0.25) is 14.5 Å². The highest BCUT2D eigenvalue weighted by atomic mass is 16.5. The maximum absolute atomic E-state index is 13.2. The molecule has 0 aliphatic carbocycles. The highest BCUT2D eigenvalue weighted by Crippen LogP contribution is 2.38. The van der Waals surface area contributed by atoms with Crippen LogP contribution in [0.5, 0.6) is 0 Å². The van der Waals surface area contributed by atoms with Crippen molar-refractivity contribution < 1.29 is 19.1 Å². The molecule has 0 spiro atoms. The van der Waals surface area contributed by atoms with E-state index in [2.05, 4.69) is 17.6 Å². The third-order valence-electron chi connectivity index (χ3n) is 6.41. The van der Waals surface area contributed by atoms with Crippen LogP contribution in [0, 0.1) is 0 Å². The molecule has 1 aliphatic heterocycles. The number of esters is 1. The fourth-order valence-corrected chi connectivity index (χ4v) is 4.40. The summed E-state index contributed by atoms with van der Waals surface area (Å²) in [4.78, 5) is 41.5. The molecule has 38 heavy (non-hydrogen) atoms. The lowest BCUT2D eigenvalue weighted by Gasteiger charge is -2.22. The SMILES string of the molecule is CCCN(C)CC(=O)N(C)c1ccc(N/C(=C2\C(=O)Nc3cc(C(=O)OC)ccc32)c2ccccc2)cc1. The monoisotopic (exact) mass is 512 g/mol. The molecule has 0 bridgehead atoms. The molecule has 8 nitrogen and oxygen atoms in total. The molecule has 0 aromatic heterocycles. The second-order valence-corrected chi connectivity index (χ2v) is 9.18. The average molecular weight is 513 g/mol. The minimum Gasteiger partial charge on any atom is -0.465 e. The Kier molecular flexibility index (Phi) is 8.23. The van der Waals surface area contributed by atoms with Gasteiger partial charge in [-0.2, -0.15) is 0 Å². The van der Waals surface area contributed by atoms with Crippen molar-refractivity contribution in [1.82, 2.24) is 4.90 Å². The molecular weight excluding hydrogens is 480 g/mol. The van der Waals surface area contributed by atoms with E-state index in [1.54, 1.807) is 30.1 Å². The summed E-state index contributed by atoms with van der Waals surface area (Å²) in [6.07, 6.45) is 0.988. The Hall–Kier alpha value is -4.43. The van der Waals surface area contributed by atoms with E-state index in [9.17, 15) is 14.4 Å². The summed E-state index contributed by atoms with van der Waals surface area (Å²) >= 11 is 0. The Balaban J connectivity index is 1.65. The Morgan fingerprint density at radius 2 is 1.66 bits per heavy atom. The zero-order chi connectivity index (χ0) is 27.2. The molecule has 3 aromatic rings. The number of benzene rings is 3. The molecule has 0 radical (unpaired) electrons. The van der Waals surface area contributed by atoms with Crippen molar-refractivity contribution in [3.05, 3.63) is 89.5 Å². The molecule has 0 saturated heterocycles. The van der Waals surface area contributed by atoms with Crippen molar-refractivity contribution in [2.45, 2.75) is 13.3 Å². The molecule has 4 rings (SSSR count). The van der Waals surface area contributed by atoms with Crippen LogP contribution in [0.3, 0.4) is 0 Å². The first kappa shape index (κ1) is 26.6. The Bertz CT molecular complexity index is 1370. The first-order valence-electron chi connectivity index (χ1n) is 12.5. The number of hydrogen-bond donors (Lipinski definition) is 2. The molecular formula is C30H32N4O4. The normalized spacial score (nSPS) is 13.6. The number of amides is 2. The van der Waals surface area contributed by atoms with Crippen molar-refractivity contribution in [2.24, 2.45) is 0 Å². The van der Waals surface area contributed by atoms with Gasteiger partial charge >= 0.3 is 5.97 Å². The Labute approximate surface area is 222 Å². The van der Waals surface area contributed by atoms with Crippen LogP contribution in [0.2, 0.25) is 0 Å². The van der Waals surface area contributed by atoms with Gasteiger partial charge in [-0.15, -0.1) is 0 Å². The third-order valence-corrected chi connectivity index (χ3v) is 6.41. The number of methoxy groups -OCH3 is 1. The van der Waals surface area contributed by atoms with Crippen LogP contribution in [0.25, 0.3) is 11.3 Å². The molecule has 2 amide bonds. The average Bonchev–Trinajstić information content (AvgIpc) is 3.26. The van der Waals surface area contributed by atoms with Crippen molar-refractivity contribution in [1.29, 1.82) is 0 Å². The van der Waals surface area contributed by atoms with Crippen molar-refractivity contribution in [3.8, 4) is 0 Å². The van der Waals surface area contributed by atoms with Crippen molar-refractivity contribution in [2.75, 3.05) is 49.8 Å². The number of likely N-dealkylation sites (N-methyl/N-ethyl adjacent to an activating group) is 2. The largest absolute Gasteiger partial charge is 0.465 e. The van der Waals surface area contributed by atoms with E-state index in [4.69, 9.17) is 4.74 Å². The number of fused-ring (bicyclic) bond motifs is 1. The molecule has 2 N–H and O–H groups in total. The van der Waals surface area contributed by atoms with E-state index in [1.807, 2.05) is 66.5 Å². The molecule has 0 unspecified atom stereocenters. The molecule has 3 aromatic carbocycles. The lowest BCUT2D eigenvalue weighted by molar-refractivity contribution is -0.119. The van der Waals surface area contributed by atoms with Gasteiger partial charge in [0.15, 0.2) is 0 Å². The molecule has 0 atom stereocenters. The quantitative estimate of drug-likeness (QED) is 0.319. The fraction of sp³-hybridized carbons (Fsp3) is 0.233. The predicted octanol–water partition coefficient (Wildman–Crippen LogP) is 4.71. The summed E-state index contributed by atoms with van der Waals surface area (Å²) < 4.78 is 4.81. The van der Waals surface area contributed by atoms with Gasteiger partial charge in [0.2, 0.25) is 5.91 Å². The standard InChI is InChI=1S/C30H32N4O4/c1-5-17-33(2)19-26(35)34(3)23-14-12-22(13-15-23)31-28(20-9-7-6-8-10-20)27-24-16-11-21(30(37)38-4)18-25(24)32-29(27)36/h6-16,18,31H,5,17,19H2,1-4H3,(H,32,36)/b28-27-. The summed E-state index contributed by atoms with van der Waals surface area (Å²) in [6.45, 7) is 3.30. The zero-order valence-electron chi connectivity index (χ0n) is 22.1. The van der Waals surface area contributed by atoms with Gasteiger partial charge in [0.1, 0.15) is 0 Å². The van der Waals surface area contributed by atoms with E-state index < -0.39 is 5.97 Å². The van der Waals surface area contributed by atoms with E-state index in [1.165, 1.54) is 7.11 Å². The molecule has 0 saturated carbocycles. The zero-order valence-corrected chi connectivity index (χ0v) is 22.1. The molecule has 1 aliphatic rings. The summed E-state index contributed by atoms with van der Waals surface area (Å²) in [5.41, 5.74) is 5.06. The maximum Gasteiger partial charge on any atom is 0.337 e. The predicted molar refractivity (Wildman–Crippen MR) is 151 cm³/mol. The van der Waals surface area contributed by atoms with E-state index in [0.717, 1.165) is 29.9 Å². The first-order chi connectivity index (χ1) is 18.3. The van der Waals surface area contributed by atoms with Crippen LogP contribution in [0.4, 0.5) is 17.1 Å². The lowest BCUT2D eigenvalue weighted by Crippen LogP contribution is -2.36. The van der Waals surface area contributed by atoms with Gasteiger partial charge in [0.05, 0.1) is 36.2 Å². The maximum atomic E-state index is 13.2. The van der Waals surface area contributed by atoms with E-state index >= 15 is 0 Å². The number of hydrogen-bond acceptors (Lipinski definition) is 6. The summed E-state index contributed by atoms with van der Waals surface area (Å²) in [6, 6.07) is 22.1. The van der Waals surface area contributed by atoms with Crippen molar-refractivity contribution in [3.63, 3.8) is 0 Å². The molecule has 0 fully saturated rings. The number of rotatable bonds is 9. The second-order valence-electron chi connectivity index (χ2n) is 9.18. The van der Waals surface area contributed by atoms with Crippen molar-refractivity contribution >= 4 is 46.1 Å². The second kappa shape index (κ2) is 11.7. The number of anilines is 3. The van der Waals surface area contributed by atoms with Gasteiger partial charge < -0.3 is 20.3 Å². The Morgan fingerprint density at radius 1 is 0.947 bits per heavy atom. The molecule has 8 heteroatoms. The van der Waals surface area contributed by atoms with Gasteiger partial charge in [0, 0.05) is 24.0 Å². The van der Waals surface area contributed by atoms with E-state index in [0.29, 0.717) is 34.6 Å². The number of carbonyl (C=O) groups excluding carboxylic acids is 3. The van der Waals surface area contributed by atoms with Gasteiger partial charge in [0.25, 0.3) is 5.91 Å². The highest BCUT2D eigenvalue weighted by molar-refractivity contribution is 6.37. The van der Waals surface area contributed by atoms with Gasteiger partial charge in [-0.25, -0.2) is 4.79 Å². The van der Waals surface area contributed by atoms with Crippen LogP contribution in [0.15, 0.2) is 72.8 Å².